The Morgan fingerprint density at radius 2 is 1.93 bits per heavy atom. The Morgan fingerprint density at radius 1 is 1.18 bits per heavy atom. The highest BCUT2D eigenvalue weighted by atomic mass is 32.2. The number of nitrogens with one attached hydrogen (secondary N) is 1. The quantitative estimate of drug-likeness (QED) is 0.681. The van der Waals surface area contributed by atoms with E-state index in [2.05, 4.69) is 15.3 Å². The average Bonchev–Trinajstić information content (AvgIpc) is 3.23. The van der Waals surface area contributed by atoms with E-state index < -0.39 is 5.25 Å². The maximum absolute atomic E-state index is 12.7. The van der Waals surface area contributed by atoms with Crippen LogP contribution in [0.4, 0.5) is 10.8 Å². The van der Waals surface area contributed by atoms with Gasteiger partial charge in [0.25, 0.3) is 0 Å². The van der Waals surface area contributed by atoms with Gasteiger partial charge in [-0.15, -0.1) is 0 Å². The highest BCUT2D eigenvalue weighted by Gasteiger charge is 2.38. The normalized spacial score (nSPS) is 18.2. The standard InChI is InChI=1S/C20H18N4O2S2/c1-2-24-18(26)16(12-17(25)21-13-8-4-3-5-9-13)28-20(24)23-19-22-14-10-6-7-11-15(14)27-19/h3-11,16H,2,12H2,1H3,(H,21,25)/b23-20-. The summed E-state index contributed by atoms with van der Waals surface area (Å²) in [6, 6.07) is 17.1. The number of fused-ring (bicyclic) bond motifs is 1. The van der Waals surface area contributed by atoms with Crippen molar-refractivity contribution in [1.82, 2.24) is 9.88 Å². The molecule has 142 valence electrons. The van der Waals surface area contributed by atoms with Crippen LogP contribution in [0.2, 0.25) is 0 Å². The minimum atomic E-state index is -0.475. The lowest BCUT2D eigenvalue weighted by atomic mass is 10.2. The van der Waals surface area contributed by atoms with Gasteiger partial charge in [-0.05, 0) is 31.2 Å². The molecule has 1 aliphatic rings. The summed E-state index contributed by atoms with van der Waals surface area (Å²) < 4.78 is 1.05. The summed E-state index contributed by atoms with van der Waals surface area (Å²) in [5, 5.41) is 3.57. The number of nitrogens with zero attached hydrogens (tertiary/aromatic N) is 3. The molecule has 1 aliphatic heterocycles. The molecule has 2 amide bonds. The maximum atomic E-state index is 12.7. The molecular weight excluding hydrogens is 392 g/mol. The molecule has 0 spiro atoms. The summed E-state index contributed by atoms with van der Waals surface area (Å²) in [7, 11) is 0. The van der Waals surface area contributed by atoms with Crippen LogP contribution in [-0.4, -0.2) is 38.7 Å². The molecule has 1 aromatic heterocycles. The van der Waals surface area contributed by atoms with Crippen molar-refractivity contribution in [1.29, 1.82) is 0 Å². The Bertz CT molecular complexity index is 1020. The lowest BCUT2D eigenvalue weighted by Gasteiger charge is -2.12. The van der Waals surface area contributed by atoms with Crippen molar-refractivity contribution in [2.75, 3.05) is 11.9 Å². The van der Waals surface area contributed by atoms with Gasteiger partial charge in [0.05, 0.1) is 10.2 Å². The average molecular weight is 411 g/mol. The summed E-state index contributed by atoms with van der Waals surface area (Å²) >= 11 is 2.81. The molecule has 1 atom stereocenters. The van der Waals surface area contributed by atoms with Crippen LogP contribution in [0.5, 0.6) is 0 Å². The molecule has 3 aromatic rings. The molecule has 28 heavy (non-hydrogen) atoms. The number of benzene rings is 2. The highest BCUT2D eigenvalue weighted by Crippen LogP contribution is 2.34. The van der Waals surface area contributed by atoms with Crippen LogP contribution in [0.1, 0.15) is 13.3 Å². The third-order valence-corrected chi connectivity index (χ3v) is 6.34. The van der Waals surface area contributed by atoms with Crippen LogP contribution < -0.4 is 5.32 Å². The predicted molar refractivity (Wildman–Crippen MR) is 115 cm³/mol. The molecule has 0 saturated carbocycles. The Hall–Kier alpha value is -2.71. The van der Waals surface area contributed by atoms with E-state index in [1.807, 2.05) is 61.5 Å². The number of hydrogen-bond acceptors (Lipinski definition) is 6. The number of thioether (sulfide) groups is 1. The first-order chi connectivity index (χ1) is 13.6. The number of amides is 2. The highest BCUT2D eigenvalue weighted by molar-refractivity contribution is 8.15. The fourth-order valence-corrected chi connectivity index (χ4v) is 5.01. The van der Waals surface area contributed by atoms with Crippen molar-refractivity contribution in [2.45, 2.75) is 18.6 Å². The van der Waals surface area contributed by atoms with Crippen LogP contribution in [0.3, 0.4) is 0 Å². The number of anilines is 1. The largest absolute Gasteiger partial charge is 0.326 e. The summed E-state index contributed by atoms with van der Waals surface area (Å²) in [5.41, 5.74) is 1.61. The third-order valence-electron chi connectivity index (χ3n) is 4.24. The second-order valence-electron chi connectivity index (χ2n) is 6.17. The van der Waals surface area contributed by atoms with E-state index in [0.29, 0.717) is 16.8 Å². The van der Waals surface area contributed by atoms with Crippen LogP contribution in [0, 0.1) is 0 Å². The van der Waals surface area contributed by atoms with E-state index in [0.717, 1.165) is 15.9 Å². The SMILES string of the molecule is CCN1C(=O)C(CC(=O)Nc2ccccc2)S/C1=N\c1nc2ccccc2s1. The number of amidine groups is 1. The number of para-hydroxylation sites is 2. The number of carbonyl (C=O) groups is 2. The predicted octanol–water partition coefficient (Wildman–Crippen LogP) is 4.28. The van der Waals surface area contributed by atoms with E-state index in [1.165, 1.54) is 23.1 Å². The van der Waals surface area contributed by atoms with Crippen LogP contribution in [0.25, 0.3) is 10.2 Å². The lowest BCUT2D eigenvalue weighted by molar-refractivity contribution is -0.128. The molecule has 1 fully saturated rings. The first-order valence-corrected chi connectivity index (χ1v) is 10.6. The van der Waals surface area contributed by atoms with E-state index in [1.54, 1.807) is 4.90 Å². The van der Waals surface area contributed by atoms with Gasteiger partial charge in [-0.25, -0.2) is 4.98 Å². The van der Waals surface area contributed by atoms with Crippen molar-refractivity contribution in [2.24, 2.45) is 4.99 Å². The smallest absolute Gasteiger partial charge is 0.242 e. The number of aliphatic imine (C=N–C) groups is 1. The molecule has 0 bridgehead atoms. The van der Waals surface area contributed by atoms with Gasteiger partial charge in [-0.3, -0.25) is 14.5 Å². The molecule has 2 aromatic carbocycles. The van der Waals surface area contributed by atoms with Crippen LogP contribution in [-0.2, 0) is 9.59 Å². The van der Waals surface area contributed by atoms with Gasteiger partial charge in [0, 0.05) is 18.7 Å². The van der Waals surface area contributed by atoms with E-state index in [4.69, 9.17) is 0 Å². The Kier molecular flexibility index (Phi) is 5.40. The molecule has 6 nitrogen and oxygen atoms in total. The second-order valence-corrected chi connectivity index (χ2v) is 8.34. The monoisotopic (exact) mass is 410 g/mol. The molecule has 1 saturated heterocycles. The van der Waals surface area contributed by atoms with E-state index in [9.17, 15) is 9.59 Å². The van der Waals surface area contributed by atoms with Gasteiger partial charge in [0.2, 0.25) is 16.9 Å². The van der Waals surface area contributed by atoms with Crippen molar-refractivity contribution in [3.63, 3.8) is 0 Å². The van der Waals surface area contributed by atoms with Crippen LogP contribution in [0.15, 0.2) is 59.6 Å². The zero-order valence-electron chi connectivity index (χ0n) is 15.2. The minimum Gasteiger partial charge on any atom is -0.326 e. The molecule has 1 N–H and O–H groups in total. The molecule has 0 aliphatic carbocycles. The Labute approximate surface area is 170 Å². The number of aromatic nitrogens is 1. The summed E-state index contributed by atoms with van der Waals surface area (Å²) in [4.78, 5) is 35.8. The van der Waals surface area contributed by atoms with Gasteiger partial charge >= 0.3 is 0 Å². The lowest BCUT2D eigenvalue weighted by Crippen LogP contribution is -2.33. The number of carbonyl (C=O) groups excluding carboxylic acids is 2. The summed E-state index contributed by atoms with van der Waals surface area (Å²) in [6.07, 6.45) is 0.105. The molecule has 2 heterocycles. The fraction of sp³-hybridized carbons (Fsp3) is 0.200. The number of hydrogen-bond donors (Lipinski definition) is 1. The van der Waals surface area contributed by atoms with Crippen molar-refractivity contribution < 1.29 is 9.59 Å². The van der Waals surface area contributed by atoms with Gasteiger partial charge in [-0.2, -0.15) is 4.99 Å². The number of rotatable bonds is 5. The second kappa shape index (κ2) is 8.12. The van der Waals surface area contributed by atoms with Gasteiger partial charge in [0.15, 0.2) is 5.17 Å². The number of thiazole rings is 1. The molecule has 8 heteroatoms. The maximum Gasteiger partial charge on any atom is 0.242 e. The van der Waals surface area contributed by atoms with E-state index in [-0.39, 0.29) is 18.2 Å². The molecule has 4 rings (SSSR count). The van der Waals surface area contributed by atoms with Gasteiger partial charge < -0.3 is 5.32 Å². The summed E-state index contributed by atoms with van der Waals surface area (Å²) in [5.74, 6) is -0.273. The van der Waals surface area contributed by atoms with Gasteiger partial charge in [0.1, 0.15) is 5.25 Å². The molecule has 0 radical (unpaired) electrons. The minimum absolute atomic E-state index is 0.0874. The fourth-order valence-electron chi connectivity index (χ4n) is 2.91. The van der Waals surface area contributed by atoms with Gasteiger partial charge in [-0.1, -0.05) is 53.4 Å². The molecule has 1 unspecified atom stereocenters. The van der Waals surface area contributed by atoms with Crippen LogP contribution >= 0.6 is 23.1 Å². The third kappa shape index (κ3) is 3.93. The zero-order chi connectivity index (χ0) is 19.5. The van der Waals surface area contributed by atoms with Crippen molar-refractivity contribution in [3.05, 3.63) is 54.6 Å². The Balaban J connectivity index is 1.50. The van der Waals surface area contributed by atoms with Crippen molar-refractivity contribution in [3.8, 4) is 0 Å². The van der Waals surface area contributed by atoms with Crippen molar-refractivity contribution >= 4 is 61.1 Å². The topological polar surface area (TPSA) is 74.7 Å². The van der Waals surface area contributed by atoms with E-state index >= 15 is 0 Å². The Morgan fingerprint density at radius 3 is 2.68 bits per heavy atom. The first kappa shape index (κ1) is 18.6. The summed E-state index contributed by atoms with van der Waals surface area (Å²) in [6.45, 7) is 2.41. The zero-order valence-corrected chi connectivity index (χ0v) is 16.8. The first-order valence-electron chi connectivity index (χ1n) is 8.91. The molecular formula is C20H18N4O2S2.